The van der Waals surface area contributed by atoms with Gasteiger partial charge in [-0.1, -0.05) is 19.1 Å². The number of nitrogens with one attached hydrogen (secondary N) is 1. The molecule has 0 fully saturated rings. The molecule has 0 aliphatic rings. The molecule has 0 aromatic heterocycles. The molecule has 0 saturated heterocycles. The van der Waals surface area contributed by atoms with Gasteiger partial charge in [-0.3, -0.25) is 13.9 Å². The van der Waals surface area contributed by atoms with Gasteiger partial charge in [0.2, 0.25) is 11.8 Å². The predicted octanol–water partition coefficient (Wildman–Crippen LogP) is 4.76. The molecule has 3 aromatic rings. The minimum atomic E-state index is -4.29. The second-order valence-electron chi connectivity index (χ2n) is 9.76. The first-order chi connectivity index (χ1) is 20.0. The summed E-state index contributed by atoms with van der Waals surface area (Å²) < 4.78 is 53.3. The van der Waals surface area contributed by atoms with Crippen molar-refractivity contribution in [3.05, 3.63) is 84.2 Å². The predicted molar refractivity (Wildman–Crippen MR) is 159 cm³/mol. The molecule has 0 bridgehead atoms. The molecular weight excluding hydrogens is 561 g/mol. The fraction of sp³-hybridized carbons (Fsp3) is 0.355. The second-order valence-corrected chi connectivity index (χ2v) is 11.6. The van der Waals surface area contributed by atoms with Crippen LogP contribution in [0.3, 0.4) is 0 Å². The number of hydrogen-bond acceptors (Lipinski definition) is 6. The standard InChI is InChI=1S/C31H38FN3O6S/c1-6-22(3)33-31(37)23(4)34(20-24-9-8-10-28(19-24)40-5)30(36)21-35(26-13-11-25(32)12-14-26)42(38,39)29-17-15-27(16-18-29)41-7-2/h8-19,22-23H,6-7,20-21H2,1-5H3,(H,33,37)/t22-,23+/m0/s1. The molecule has 226 valence electrons. The molecule has 3 rings (SSSR count). The van der Waals surface area contributed by atoms with Crippen LogP contribution in [0.4, 0.5) is 10.1 Å². The summed E-state index contributed by atoms with van der Waals surface area (Å²) in [5.74, 6) is -0.487. The van der Waals surface area contributed by atoms with Crippen molar-refractivity contribution in [1.82, 2.24) is 10.2 Å². The zero-order valence-corrected chi connectivity index (χ0v) is 25.4. The summed E-state index contributed by atoms with van der Waals surface area (Å²) in [7, 11) is -2.77. The lowest BCUT2D eigenvalue weighted by Gasteiger charge is -2.32. The minimum Gasteiger partial charge on any atom is -0.497 e. The number of ether oxygens (including phenoxy) is 2. The van der Waals surface area contributed by atoms with Crippen LogP contribution in [0.2, 0.25) is 0 Å². The Morgan fingerprint density at radius 1 is 0.952 bits per heavy atom. The summed E-state index contributed by atoms with van der Waals surface area (Å²) in [6.45, 7) is 7.00. The quantitative estimate of drug-likeness (QED) is 0.287. The van der Waals surface area contributed by atoms with Gasteiger partial charge in [-0.15, -0.1) is 0 Å². The lowest BCUT2D eigenvalue weighted by Crippen LogP contribution is -2.52. The van der Waals surface area contributed by atoms with Crippen molar-refractivity contribution in [3.8, 4) is 11.5 Å². The number of halogens is 1. The van der Waals surface area contributed by atoms with Crippen LogP contribution < -0.4 is 19.1 Å². The van der Waals surface area contributed by atoms with E-state index < -0.39 is 34.3 Å². The Kier molecular flexibility index (Phi) is 11.3. The molecule has 1 N–H and O–H groups in total. The summed E-state index contributed by atoms with van der Waals surface area (Å²) in [5.41, 5.74) is 0.783. The molecule has 42 heavy (non-hydrogen) atoms. The van der Waals surface area contributed by atoms with Gasteiger partial charge in [0.15, 0.2) is 0 Å². The fourth-order valence-corrected chi connectivity index (χ4v) is 5.57. The number of anilines is 1. The van der Waals surface area contributed by atoms with Gasteiger partial charge in [-0.05, 0) is 93.4 Å². The number of hydrogen-bond donors (Lipinski definition) is 1. The van der Waals surface area contributed by atoms with Crippen molar-refractivity contribution in [2.75, 3.05) is 24.6 Å². The molecule has 0 unspecified atom stereocenters. The lowest BCUT2D eigenvalue weighted by atomic mass is 10.1. The average molecular weight is 600 g/mol. The van der Waals surface area contributed by atoms with Crippen LogP contribution >= 0.6 is 0 Å². The number of rotatable bonds is 14. The highest BCUT2D eigenvalue weighted by Gasteiger charge is 2.33. The van der Waals surface area contributed by atoms with Crippen LogP contribution in [0.5, 0.6) is 11.5 Å². The summed E-state index contributed by atoms with van der Waals surface area (Å²) in [6, 6.07) is 16.7. The molecule has 0 spiro atoms. The zero-order valence-electron chi connectivity index (χ0n) is 24.5. The minimum absolute atomic E-state index is 0.0193. The summed E-state index contributed by atoms with van der Waals surface area (Å²) in [6.07, 6.45) is 0.695. The lowest BCUT2D eigenvalue weighted by molar-refractivity contribution is -0.139. The van der Waals surface area contributed by atoms with Crippen LogP contribution in [0, 0.1) is 5.82 Å². The number of amides is 2. The van der Waals surface area contributed by atoms with E-state index in [1.54, 1.807) is 31.2 Å². The number of carbonyl (C=O) groups excluding carboxylic acids is 2. The average Bonchev–Trinajstić information content (AvgIpc) is 2.99. The molecule has 9 nitrogen and oxygen atoms in total. The number of carbonyl (C=O) groups is 2. The van der Waals surface area contributed by atoms with E-state index in [-0.39, 0.29) is 29.1 Å². The maximum atomic E-state index is 14.0. The van der Waals surface area contributed by atoms with Gasteiger partial charge in [-0.25, -0.2) is 12.8 Å². The number of nitrogens with zero attached hydrogens (tertiary/aromatic N) is 2. The van der Waals surface area contributed by atoms with Gasteiger partial charge in [0.05, 0.1) is 24.3 Å². The maximum Gasteiger partial charge on any atom is 0.264 e. The number of sulfonamides is 1. The topological polar surface area (TPSA) is 105 Å². The van der Waals surface area contributed by atoms with Crippen molar-refractivity contribution < 1.29 is 31.9 Å². The van der Waals surface area contributed by atoms with E-state index in [1.807, 2.05) is 20.8 Å². The molecule has 2 atom stereocenters. The van der Waals surface area contributed by atoms with Crippen molar-refractivity contribution in [2.24, 2.45) is 0 Å². The normalized spacial score (nSPS) is 12.6. The van der Waals surface area contributed by atoms with E-state index in [2.05, 4.69) is 5.32 Å². The number of benzene rings is 3. The van der Waals surface area contributed by atoms with E-state index in [1.165, 1.54) is 48.4 Å². The fourth-order valence-electron chi connectivity index (χ4n) is 4.15. The molecule has 0 aliphatic carbocycles. The highest BCUT2D eigenvalue weighted by atomic mass is 32.2. The molecule has 0 radical (unpaired) electrons. The van der Waals surface area contributed by atoms with Crippen LogP contribution in [0.15, 0.2) is 77.7 Å². The molecule has 0 saturated carbocycles. The third-order valence-electron chi connectivity index (χ3n) is 6.77. The SMILES string of the molecule is CCOc1ccc(S(=O)(=O)N(CC(=O)N(Cc2cccc(OC)c2)[C@H](C)C(=O)N[C@@H](C)CC)c2ccc(F)cc2)cc1. The highest BCUT2D eigenvalue weighted by molar-refractivity contribution is 7.92. The molecule has 11 heteroatoms. The monoisotopic (exact) mass is 599 g/mol. The Labute approximate surface area is 247 Å². The Hall–Kier alpha value is -4.12. The van der Waals surface area contributed by atoms with E-state index >= 15 is 0 Å². The van der Waals surface area contributed by atoms with Gasteiger partial charge >= 0.3 is 0 Å². The number of methoxy groups -OCH3 is 1. The van der Waals surface area contributed by atoms with Gasteiger partial charge in [0, 0.05) is 12.6 Å². The van der Waals surface area contributed by atoms with Crippen molar-refractivity contribution in [2.45, 2.75) is 57.6 Å². The molecule has 2 amide bonds. The van der Waals surface area contributed by atoms with Gasteiger partial charge in [0.1, 0.15) is 29.9 Å². The Morgan fingerprint density at radius 2 is 1.62 bits per heavy atom. The summed E-state index contributed by atoms with van der Waals surface area (Å²) in [5, 5.41) is 2.89. The summed E-state index contributed by atoms with van der Waals surface area (Å²) >= 11 is 0. The molecule has 3 aromatic carbocycles. The van der Waals surface area contributed by atoms with Crippen molar-refractivity contribution in [3.63, 3.8) is 0 Å². The van der Waals surface area contributed by atoms with Crippen molar-refractivity contribution >= 4 is 27.5 Å². The van der Waals surface area contributed by atoms with Crippen LogP contribution in [0.1, 0.15) is 39.7 Å². The molecular formula is C31H38FN3O6S. The largest absolute Gasteiger partial charge is 0.497 e. The van der Waals surface area contributed by atoms with Gasteiger partial charge < -0.3 is 19.7 Å². The van der Waals surface area contributed by atoms with Gasteiger partial charge in [0.25, 0.3) is 10.0 Å². The van der Waals surface area contributed by atoms with Gasteiger partial charge in [-0.2, -0.15) is 0 Å². The molecule has 0 heterocycles. The van der Waals surface area contributed by atoms with E-state index in [9.17, 15) is 22.4 Å². The maximum absolute atomic E-state index is 14.0. The third kappa shape index (κ3) is 8.22. The van der Waals surface area contributed by atoms with Crippen LogP contribution in [-0.4, -0.2) is 57.5 Å². The first kappa shape index (κ1) is 32.4. The highest BCUT2D eigenvalue weighted by Crippen LogP contribution is 2.26. The Morgan fingerprint density at radius 3 is 2.21 bits per heavy atom. The van der Waals surface area contributed by atoms with Crippen molar-refractivity contribution in [1.29, 1.82) is 0 Å². The Bertz CT molecular complexity index is 1450. The van der Waals surface area contributed by atoms with Crippen LogP contribution in [0.25, 0.3) is 0 Å². The summed E-state index contributed by atoms with van der Waals surface area (Å²) in [4.78, 5) is 28.4. The smallest absolute Gasteiger partial charge is 0.264 e. The first-order valence-electron chi connectivity index (χ1n) is 13.7. The van der Waals surface area contributed by atoms with E-state index in [0.717, 1.165) is 16.4 Å². The zero-order chi connectivity index (χ0) is 30.9. The van der Waals surface area contributed by atoms with E-state index in [0.29, 0.717) is 30.1 Å². The first-order valence-corrected chi connectivity index (χ1v) is 15.2. The van der Waals surface area contributed by atoms with Crippen LogP contribution in [-0.2, 0) is 26.2 Å². The van der Waals surface area contributed by atoms with E-state index in [4.69, 9.17) is 9.47 Å². The Balaban J connectivity index is 2.02. The second kappa shape index (κ2) is 14.7. The third-order valence-corrected chi connectivity index (χ3v) is 8.56. The molecule has 0 aliphatic heterocycles.